The van der Waals surface area contributed by atoms with Crippen LogP contribution in [-0.4, -0.2) is 29.8 Å². The number of rotatable bonds is 6. The smallest absolute Gasteiger partial charge is 0.370 e. The summed E-state index contributed by atoms with van der Waals surface area (Å²) in [6, 6.07) is 12.8. The molecule has 0 aliphatic heterocycles. The van der Waals surface area contributed by atoms with Crippen LogP contribution in [0.2, 0.25) is 0 Å². The Bertz CT molecular complexity index is 776. The number of primary amides is 1. The maximum atomic E-state index is 12.9. The average molecular weight is 364 g/mol. The predicted molar refractivity (Wildman–Crippen MR) is 91.3 cm³/mol. The van der Waals surface area contributed by atoms with Crippen molar-refractivity contribution in [1.82, 2.24) is 4.90 Å². The van der Waals surface area contributed by atoms with Crippen LogP contribution >= 0.6 is 0 Å². The highest BCUT2D eigenvalue weighted by molar-refractivity contribution is 5.94. The minimum Gasteiger partial charge on any atom is -0.370 e. The molecule has 0 bridgehead atoms. The minimum atomic E-state index is -4.54. The lowest BCUT2D eigenvalue weighted by molar-refractivity contribution is -0.137. The number of benzene rings is 2. The SMILES string of the molecule is CN(C(=O)c1cccc(C(F)(F)F)c1)C(CC(N)=O)Cc1ccccc1. The molecule has 0 saturated carbocycles. The first-order valence-electron chi connectivity index (χ1n) is 7.95. The summed E-state index contributed by atoms with van der Waals surface area (Å²) in [6.07, 6.45) is -4.26. The summed E-state index contributed by atoms with van der Waals surface area (Å²) in [7, 11) is 1.46. The molecule has 4 nitrogen and oxygen atoms in total. The molecule has 0 aromatic heterocycles. The van der Waals surface area contributed by atoms with E-state index < -0.39 is 29.6 Å². The summed E-state index contributed by atoms with van der Waals surface area (Å²) >= 11 is 0. The van der Waals surface area contributed by atoms with Crippen LogP contribution in [0.1, 0.15) is 27.9 Å². The number of hydrogen-bond donors (Lipinski definition) is 1. The van der Waals surface area contributed by atoms with Gasteiger partial charge in [0.2, 0.25) is 5.91 Å². The third kappa shape index (κ3) is 5.08. The first-order valence-corrected chi connectivity index (χ1v) is 7.95. The molecule has 26 heavy (non-hydrogen) atoms. The van der Waals surface area contributed by atoms with E-state index in [4.69, 9.17) is 5.73 Å². The van der Waals surface area contributed by atoms with Gasteiger partial charge in [0.05, 0.1) is 5.56 Å². The highest BCUT2D eigenvalue weighted by atomic mass is 19.4. The van der Waals surface area contributed by atoms with Gasteiger partial charge in [-0.05, 0) is 30.2 Å². The van der Waals surface area contributed by atoms with Gasteiger partial charge in [-0.15, -0.1) is 0 Å². The molecule has 2 aromatic rings. The molecular formula is C19H19F3N2O2. The summed E-state index contributed by atoms with van der Waals surface area (Å²) in [4.78, 5) is 25.3. The zero-order valence-electron chi connectivity index (χ0n) is 14.2. The van der Waals surface area contributed by atoms with Crippen LogP contribution in [0.3, 0.4) is 0 Å². The lowest BCUT2D eigenvalue weighted by Gasteiger charge is -2.28. The Hall–Kier alpha value is -2.83. The minimum absolute atomic E-state index is 0.0872. The zero-order valence-corrected chi connectivity index (χ0v) is 14.2. The predicted octanol–water partition coefficient (Wildman–Crippen LogP) is 3.26. The van der Waals surface area contributed by atoms with E-state index in [2.05, 4.69) is 0 Å². The number of carbonyl (C=O) groups is 2. The summed E-state index contributed by atoms with van der Waals surface area (Å²) < 4.78 is 38.6. The average Bonchev–Trinajstić information content (AvgIpc) is 2.60. The molecule has 1 atom stereocenters. The number of amides is 2. The summed E-state index contributed by atoms with van der Waals surface area (Å²) in [5.74, 6) is -1.19. The molecule has 2 aromatic carbocycles. The Morgan fingerprint density at radius 3 is 2.31 bits per heavy atom. The van der Waals surface area contributed by atoms with E-state index in [9.17, 15) is 22.8 Å². The van der Waals surface area contributed by atoms with Crippen LogP contribution in [0.15, 0.2) is 54.6 Å². The maximum absolute atomic E-state index is 12.9. The largest absolute Gasteiger partial charge is 0.416 e. The van der Waals surface area contributed by atoms with Crippen LogP contribution in [0.25, 0.3) is 0 Å². The molecule has 0 aliphatic carbocycles. The van der Waals surface area contributed by atoms with Crippen molar-refractivity contribution in [2.45, 2.75) is 25.1 Å². The molecule has 1 unspecified atom stereocenters. The summed E-state index contributed by atoms with van der Waals surface area (Å²) in [5.41, 5.74) is 5.18. The van der Waals surface area contributed by atoms with Crippen molar-refractivity contribution in [3.05, 3.63) is 71.3 Å². The Kier molecular flexibility index (Phi) is 6.02. The number of carbonyl (C=O) groups excluding carboxylic acids is 2. The van der Waals surface area contributed by atoms with Gasteiger partial charge < -0.3 is 10.6 Å². The lowest BCUT2D eigenvalue weighted by Crippen LogP contribution is -2.41. The van der Waals surface area contributed by atoms with E-state index in [0.29, 0.717) is 6.42 Å². The molecule has 2 rings (SSSR count). The molecule has 2 amide bonds. The molecule has 0 saturated heterocycles. The fourth-order valence-corrected chi connectivity index (χ4v) is 2.66. The fourth-order valence-electron chi connectivity index (χ4n) is 2.66. The van der Waals surface area contributed by atoms with Gasteiger partial charge in [-0.3, -0.25) is 9.59 Å². The van der Waals surface area contributed by atoms with E-state index in [0.717, 1.165) is 17.7 Å². The van der Waals surface area contributed by atoms with Gasteiger partial charge in [0.25, 0.3) is 5.91 Å². The molecule has 0 radical (unpaired) electrons. The molecule has 138 valence electrons. The van der Waals surface area contributed by atoms with E-state index >= 15 is 0 Å². The van der Waals surface area contributed by atoms with Crippen molar-refractivity contribution >= 4 is 11.8 Å². The van der Waals surface area contributed by atoms with Gasteiger partial charge in [0.15, 0.2) is 0 Å². The second-order valence-electron chi connectivity index (χ2n) is 6.01. The van der Waals surface area contributed by atoms with E-state index in [1.54, 1.807) is 0 Å². The van der Waals surface area contributed by atoms with Gasteiger partial charge in [0, 0.05) is 25.1 Å². The van der Waals surface area contributed by atoms with Crippen LogP contribution in [0, 0.1) is 0 Å². The Morgan fingerprint density at radius 2 is 1.73 bits per heavy atom. The number of nitrogens with zero attached hydrogens (tertiary/aromatic N) is 1. The summed E-state index contributed by atoms with van der Waals surface area (Å²) in [6.45, 7) is 0. The van der Waals surface area contributed by atoms with Crippen molar-refractivity contribution in [2.75, 3.05) is 7.05 Å². The second-order valence-corrected chi connectivity index (χ2v) is 6.01. The Balaban J connectivity index is 2.25. The molecule has 7 heteroatoms. The monoisotopic (exact) mass is 364 g/mol. The zero-order chi connectivity index (χ0) is 19.3. The number of nitrogens with two attached hydrogens (primary N) is 1. The quantitative estimate of drug-likeness (QED) is 0.855. The van der Waals surface area contributed by atoms with Crippen LogP contribution in [0.4, 0.5) is 13.2 Å². The first kappa shape index (κ1) is 19.5. The van der Waals surface area contributed by atoms with Crippen LogP contribution < -0.4 is 5.73 Å². The van der Waals surface area contributed by atoms with Gasteiger partial charge in [-0.1, -0.05) is 36.4 Å². The highest BCUT2D eigenvalue weighted by Crippen LogP contribution is 2.30. The van der Waals surface area contributed by atoms with Gasteiger partial charge in [-0.2, -0.15) is 13.2 Å². The topological polar surface area (TPSA) is 63.4 Å². The number of likely N-dealkylation sites (N-methyl/N-ethyl adjacent to an activating group) is 1. The fraction of sp³-hybridized carbons (Fsp3) is 0.263. The first-order chi connectivity index (χ1) is 12.2. The molecule has 0 fully saturated rings. The van der Waals surface area contributed by atoms with Gasteiger partial charge in [0.1, 0.15) is 0 Å². The molecule has 0 aliphatic rings. The Morgan fingerprint density at radius 1 is 1.08 bits per heavy atom. The van der Waals surface area contributed by atoms with Crippen molar-refractivity contribution in [3.63, 3.8) is 0 Å². The summed E-state index contributed by atoms with van der Waals surface area (Å²) in [5, 5.41) is 0. The van der Waals surface area contributed by atoms with Gasteiger partial charge >= 0.3 is 6.18 Å². The second kappa shape index (κ2) is 8.03. The number of alkyl halides is 3. The molecular weight excluding hydrogens is 345 g/mol. The standard InChI is InChI=1S/C19H19F3N2O2/c1-24(16(12-17(23)25)10-13-6-3-2-4-7-13)18(26)14-8-5-9-15(11-14)19(20,21)22/h2-9,11,16H,10,12H2,1H3,(H2,23,25). The van der Waals surface area contributed by atoms with Crippen LogP contribution in [0.5, 0.6) is 0 Å². The van der Waals surface area contributed by atoms with Crippen molar-refractivity contribution < 1.29 is 22.8 Å². The number of halogens is 3. The van der Waals surface area contributed by atoms with E-state index in [1.807, 2.05) is 30.3 Å². The van der Waals surface area contributed by atoms with E-state index in [-0.39, 0.29) is 12.0 Å². The number of hydrogen-bond acceptors (Lipinski definition) is 2. The van der Waals surface area contributed by atoms with Crippen molar-refractivity contribution in [2.24, 2.45) is 5.73 Å². The Labute approximate surface area is 149 Å². The highest BCUT2D eigenvalue weighted by Gasteiger charge is 2.31. The lowest BCUT2D eigenvalue weighted by atomic mass is 10.0. The maximum Gasteiger partial charge on any atom is 0.416 e. The molecule has 0 heterocycles. The normalized spacial score (nSPS) is 12.5. The third-order valence-electron chi connectivity index (χ3n) is 4.06. The van der Waals surface area contributed by atoms with Crippen molar-refractivity contribution in [3.8, 4) is 0 Å². The van der Waals surface area contributed by atoms with Gasteiger partial charge in [-0.25, -0.2) is 0 Å². The van der Waals surface area contributed by atoms with Crippen molar-refractivity contribution in [1.29, 1.82) is 0 Å². The third-order valence-corrected chi connectivity index (χ3v) is 4.06. The van der Waals surface area contributed by atoms with E-state index in [1.165, 1.54) is 24.1 Å². The molecule has 0 spiro atoms. The van der Waals surface area contributed by atoms with Crippen LogP contribution in [-0.2, 0) is 17.4 Å². The molecule has 2 N–H and O–H groups in total.